The molecule has 6 nitrogen and oxygen atoms in total. The molecule has 0 bridgehead atoms. The smallest absolute Gasteiger partial charge is 0.273 e. The number of ether oxygens (including phenoxy) is 1. The Morgan fingerprint density at radius 1 is 1.26 bits per heavy atom. The van der Waals surface area contributed by atoms with Gasteiger partial charge in [-0.25, -0.2) is 9.97 Å². The van der Waals surface area contributed by atoms with E-state index in [9.17, 15) is 4.79 Å². The minimum Gasteiger partial charge on any atom is -0.381 e. The Labute approximate surface area is 139 Å². The second kappa shape index (κ2) is 6.41. The lowest BCUT2D eigenvalue weighted by atomic mass is 10.1. The van der Waals surface area contributed by atoms with Crippen molar-refractivity contribution in [2.45, 2.75) is 25.9 Å². The Hall–Kier alpha value is -1.73. The van der Waals surface area contributed by atoms with Gasteiger partial charge in [0.25, 0.3) is 5.91 Å². The van der Waals surface area contributed by atoms with Crippen molar-refractivity contribution in [2.24, 2.45) is 11.8 Å². The molecule has 1 atom stereocenters. The van der Waals surface area contributed by atoms with Gasteiger partial charge in [-0.2, -0.15) is 0 Å². The molecule has 2 aromatic rings. The van der Waals surface area contributed by atoms with Crippen molar-refractivity contribution in [3.8, 4) is 0 Å². The van der Waals surface area contributed by atoms with Crippen LogP contribution in [0.4, 0.5) is 0 Å². The van der Waals surface area contributed by atoms with E-state index >= 15 is 0 Å². The SMILES string of the molecule is O=C(c1cscn1)N1Cc2nccn2C[C@@H](COCC2CC2)C1. The maximum atomic E-state index is 12.7. The highest BCUT2D eigenvalue weighted by Crippen LogP contribution is 2.29. The first-order valence-corrected chi connectivity index (χ1v) is 8.99. The molecule has 0 radical (unpaired) electrons. The Bertz CT molecular complexity index is 665. The predicted octanol–water partition coefficient (Wildman–Crippen LogP) is 2.04. The van der Waals surface area contributed by atoms with E-state index in [2.05, 4.69) is 14.5 Å². The van der Waals surface area contributed by atoms with Gasteiger partial charge in [0.05, 0.1) is 18.7 Å². The second-order valence-corrected chi connectivity index (χ2v) is 7.12. The number of rotatable bonds is 5. The first kappa shape index (κ1) is 14.8. The van der Waals surface area contributed by atoms with Gasteiger partial charge in [0, 0.05) is 43.4 Å². The van der Waals surface area contributed by atoms with E-state index in [0.29, 0.717) is 25.4 Å². The van der Waals surface area contributed by atoms with Crippen LogP contribution >= 0.6 is 11.3 Å². The normalized spacial score (nSPS) is 21.0. The van der Waals surface area contributed by atoms with Crippen molar-refractivity contribution in [3.05, 3.63) is 34.8 Å². The molecule has 2 aliphatic rings. The molecule has 0 spiro atoms. The molecule has 0 saturated heterocycles. The van der Waals surface area contributed by atoms with Gasteiger partial charge in [-0.3, -0.25) is 4.79 Å². The van der Waals surface area contributed by atoms with Crippen LogP contribution in [0.25, 0.3) is 0 Å². The van der Waals surface area contributed by atoms with E-state index in [1.165, 1.54) is 24.2 Å². The summed E-state index contributed by atoms with van der Waals surface area (Å²) in [5.74, 6) is 1.96. The van der Waals surface area contributed by atoms with Crippen LogP contribution in [0, 0.1) is 11.8 Å². The highest BCUT2D eigenvalue weighted by Gasteiger charge is 2.28. The molecule has 1 aliphatic carbocycles. The number of carbonyl (C=O) groups excluding carboxylic acids is 1. The Balaban J connectivity index is 1.48. The predicted molar refractivity (Wildman–Crippen MR) is 86.1 cm³/mol. The zero-order chi connectivity index (χ0) is 15.6. The zero-order valence-corrected chi connectivity index (χ0v) is 13.7. The summed E-state index contributed by atoms with van der Waals surface area (Å²) in [6, 6.07) is 0. The summed E-state index contributed by atoms with van der Waals surface area (Å²) in [6.07, 6.45) is 6.38. The molecule has 1 fully saturated rings. The van der Waals surface area contributed by atoms with Gasteiger partial charge >= 0.3 is 0 Å². The lowest BCUT2D eigenvalue weighted by Gasteiger charge is -2.23. The molecule has 1 amide bonds. The van der Waals surface area contributed by atoms with Crippen LogP contribution < -0.4 is 0 Å². The topological polar surface area (TPSA) is 60.2 Å². The fourth-order valence-electron chi connectivity index (χ4n) is 2.97. The number of thiazole rings is 1. The molecule has 0 N–H and O–H groups in total. The van der Waals surface area contributed by atoms with Crippen LogP contribution in [0.15, 0.2) is 23.3 Å². The van der Waals surface area contributed by atoms with Crippen LogP contribution in [0.5, 0.6) is 0 Å². The summed E-state index contributed by atoms with van der Waals surface area (Å²) >= 11 is 1.45. The second-order valence-electron chi connectivity index (χ2n) is 6.40. The van der Waals surface area contributed by atoms with Crippen molar-refractivity contribution >= 4 is 17.2 Å². The van der Waals surface area contributed by atoms with Crippen molar-refractivity contribution in [2.75, 3.05) is 19.8 Å². The van der Waals surface area contributed by atoms with Gasteiger partial charge in [-0.1, -0.05) is 0 Å². The largest absolute Gasteiger partial charge is 0.381 e. The third-order valence-electron chi connectivity index (χ3n) is 4.41. The quantitative estimate of drug-likeness (QED) is 0.841. The van der Waals surface area contributed by atoms with Gasteiger partial charge in [0.15, 0.2) is 0 Å². The summed E-state index contributed by atoms with van der Waals surface area (Å²) < 4.78 is 8.02. The number of carbonyl (C=O) groups is 1. The average molecular weight is 332 g/mol. The van der Waals surface area contributed by atoms with E-state index in [1.807, 2.05) is 11.1 Å². The van der Waals surface area contributed by atoms with Gasteiger partial charge < -0.3 is 14.2 Å². The van der Waals surface area contributed by atoms with Crippen molar-refractivity contribution in [1.82, 2.24) is 19.4 Å². The van der Waals surface area contributed by atoms with Gasteiger partial charge in [0.2, 0.25) is 0 Å². The Kier molecular flexibility index (Phi) is 4.13. The molecule has 0 aromatic carbocycles. The van der Waals surface area contributed by atoms with E-state index in [4.69, 9.17) is 4.74 Å². The van der Waals surface area contributed by atoms with Gasteiger partial charge in [0.1, 0.15) is 11.5 Å². The van der Waals surface area contributed by atoms with Crippen molar-refractivity contribution in [3.63, 3.8) is 0 Å². The summed E-state index contributed by atoms with van der Waals surface area (Å²) in [7, 11) is 0. The molecule has 2 aromatic heterocycles. The highest BCUT2D eigenvalue weighted by atomic mass is 32.1. The van der Waals surface area contributed by atoms with Crippen molar-refractivity contribution < 1.29 is 9.53 Å². The lowest BCUT2D eigenvalue weighted by molar-refractivity contribution is 0.0568. The minimum absolute atomic E-state index is 0.0186. The van der Waals surface area contributed by atoms with Crippen LogP contribution in [-0.2, 0) is 17.8 Å². The van der Waals surface area contributed by atoms with E-state index in [1.54, 1.807) is 17.1 Å². The molecule has 7 heteroatoms. The number of fused-ring (bicyclic) bond motifs is 1. The van der Waals surface area contributed by atoms with E-state index < -0.39 is 0 Å². The lowest BCUT2D eigenvalue weighted by Crippen LogP contribution is -2.35. The summed E-state index contributed by atoms with van der Waals surface area (Å²) in [4.78, 5) is 23.1. The van der Waals surface area contributed by atoms with E-state index in [0.717, 1.165) is 24.9 Å². The molecule has 0 unspecified atom stereocenters. The van der Waals surface area contributed by atoms with Crippen LogP contribution in [-0.4, -0.2) is 45.1 Å². The zero-order valence-electron chi connectivity index (χ0n) is 12.9. The Morgan fingerprint density at radius 2 is 2.13 bits per heavy atom. The molecule has 4 rings (SSSR count). The highest BCUT2D eigenvalue weighted by molar-refractivity contribution is 7.07. The molecular formula is C16H20N4O2S. The van der Waals surface area contributed by atoms with Crippen LogP contribution in [0.2, 0.25) is 0 Å². The fraction of sp³-hybridized carbons (Fsp3) is 0.562. The minimum atomic E-state index is -0.0186. The number of amides is 1. The van der Waals surface area contributed by atoms with Gasteiger partial charge in [-0.05, 0) is 18.8 Å². The third-order valence-corrected chi connectivity index (χ3v) is 5.00. The molecular weight excluding hydrogens is 312 g/mol. The first-order valence-electron chi connectivity index (χ1n) is 8.05. The molecule has 1 aliphatic heterocycles. The molecule has 23 heavy (non-hydrogen) atoms. The van der Waals surface area contributed by atoms with Crippen LogP contribution in [0.1, 0.15) is 29.2 Å². The molecule has 1 saturated carbocycles. The fourth-order valence-corrected chi connectivity index (χ4v) is 3.49. The summed E-state index contributed by atoms with van der Waals surface area (Å²) in [6.45, 7) is 3.61. The number of hydrogen-bond donors (Lipinski definition) is 0. The molecule has 3 heterocycles. The summed E-state index contributed by atoms with van der Waals surface area (Å²) in [5, 5.41) is 1.80. The Morgan fingerprint density at radius 3 is 2.91 bits per heavy atom. The number of imidazole rings is 1. The third kappa shape index (κ3) is 3.45. The maximum absolute atomic E-state index is 12.7. The monoisotopic (exact) mass is 332 g/mol. The standard InChI is InChI=1S/C16H20N4O2S/c21-16(14-10-23-11-18-14)20-6-13(9-22-8-12-1-2-12)5-19-4-3-17-15(19)7-20/h3-4,10-13H,1-2,5-9H2/t13-/m1/s1. The first-order chi connectivity index (χ1) is 11.3. The van der Waals surface area contributed by atoms with Gasteiger partial charge in [-0.15, -0.1) is 11.3 Å². The number of nitrogens with zero attached hydrogens (tertiary/aromatic N) is 4. The van der Waals surface area contributed by atoms with Crippen LogP contribution in [0.3, 0.4) is 0 Å². The number of hydrogen-bond acceptors (Lipinski definition) is 5. The summed E-state index contributed by atoms with van der Waals surface area (Å²) in [5.41, 5.74) is 2.22. The van der Waals surface area contributed by atoms with Crippen molar-refractivity contribution in [1.29, 1.82) is 0 Å². The maximum Gasteiger partial charge on any atom is 0.273 e. The number of aromatic nitrogens is 3. The molecule has 122 valence electrons. The average Bonchev–Trinajstić information content (AvgIpc) is 3.07. The van der Waals surface area contributed by atoms with E-state index in [-0.39, 0.29) is 11.8 Å².